The Morgan fingerprint density at radius 2 is 2.05 bits per heavy atom. The summed E-state index contributed by atoms with van der Waals surface area (Å²) in [5, 5.41) is 3.14. The maximum Gasteiger partial charge on any atom is 0.255 e. The fraction of sp³-hybridized carbons (Fsp3) is 0.0714. The van der Waals surface area contributed by atoms with Crippen molar-refractivity contribution in [1.82, 2.24) is 0 Å². The van der Waals surface area contributed by atoms with Crippen molar-refractivity contribution in [2.24, 2.45) is 0 Å². The largest absolute Gasteiger partial charge is 0.321 e. The number of hydrogen-bond acceptors (Lipinski definition) is 1. The second-order valence-electron chi connectivity index (χ2n) is 4.02. The third-order valence-electron chi connectivity index (χ3n) is 2.62. The number of hydrogen-bond donors (Lipinski definition) is 1. The highest BCUT2D eigenvalue weighted by molar-refractivity contribution is 9.10. The van der Waals surface area contributed by atoms with E-state index in [1.165, 1.54) is 18.2 Å². The Bertz CT molecular complexity index is 645. The van der Waals surface area contributed by atoms with Crippen LogP contribution in [0.3, 0.4) is 0 Å². The summed E-state index contributed by atoms with van der Waals surface area (Å²) >= 11 is 9.12. The lowest BCUT2D eigenvalue weighted by Crippen LogP contribution is -2.12. The summed E-state index contributed by atoms with van der Waals surface area (Å²) in [5.74, 6) is -0.887. The molecule has 2 nitrogen and oxygen atoms in total. The fourth-order valence-corrected chi connectivity index (χ4v) is 2.00. The first kappa shape index (κ1) is 14.0. The minimum absolute atomic E-state index is 0.235. The van der Waals surface area contributed by atoms with Gasteiger partial charge >= 0.3 is 0 Å². The van der Waals surface area contributed by atoms with Crippen LogP contribution in [-0.2, 0) is 0 Å². The average molecular weight is 343 g/mol. The number of halogens is 3. The van der Waals surface area contributed by atoms with Crippen LogP contribution in [0.4, 0.5) is 10.1 Å². The van der Waals surface area contributed by atoms with Crippen molar-refractivity contribution >= 4 is 39.1 Å². The molecule has 0 spiro atoms. The van der Waals surface area contributed by atoms with Crippen molar-refractivity contribution < 1.29 is 9.18 Å². The molecular weight excluding hydrogens is 333 g/mol. The maximum atomic E-state index is 13.4. The first-order valence-corrected chi connectivity index (χ1v) is 6.67. The summed E-state index contributed by atoms with van der Waals surface area (Å²) in [7, 11) is 0. The van der Waals surface area contributed by atoms with E-state index in [1.54, 1.807) is 12.1 Å². The standard InChI is InChI=1S/C14H10BrClFNO/c1-8-3-2-4-12(13(8)16)18-14(19)9-5-6-10(15)11(17)7-9/h2-7H,1H3,(H,18,19). The smallest absolute Gasteiger partial charge is 0.255 e. The third kappa shape index (κ3) is 3.14. The van der Waals surface area contributed by atoms with Gasteiger partial charge in [0, 0.05) is 5.56 Å². The molecule has 2 aromatic rings. The molecule has 0 aliphatic carbocycles. The first-order valence-electron chi connectivity index (χ1n) is 5.50. The minimum Gasteiger partial charge on any atom is -0.321 e. The van der Waals surface area contributed by atoms with E-state index >= 15 is 0 Å². The van der Waals surface area contributed by atoms with Gasteiger partial charge in [0.1, 0.15) is 5.82 Å². The van der Waals surface area contributed by atoms with Crippen molar-refractivity contribution in [2.45, 2.75) is 6.92 Å². The van der Waals surface area contributed by atoms with E-state index < -0.39 is 11.7 Å². The lowest BCUT2D eigenvalue weighted by atomic mass is 10.2. The van der Waals surface area contributed by atoms with Crippen molar-refractivity contribution in [3.8, 4) is 0 Å². The van der Waals surface area contributed by atoms with Crippen LogP contribution >= 0.6 is 27.5 Å². The second-order valence-corrected chi connectivity index (χ2v) is 5.25. The number of amides is 1. The lowest BCUT2D eigenvalue weighted by molar-refractivity contribution is 0.102. The molecule has 0 aromatic heterocycles. The summed E-state index contributed by atoms with van der Waals surface area (Å²) in [6, 6.07) is 9.52. The number of carbonyl (C=O) groups excluding carboxylic acids is 1. The molecule has 0 radical (unpaired) electrons. The Hall–Kier alpha value is -1.39. The topological polar surface area (TPSA) is 29.1 Å². The minimum atomic E-state index is -0.483. The van der Waals surface area contributed by atoms with Crippen LogP contribution in [-0.4, -0.2) is 5.91 Å². The quantitative estimate of drug-likeness (QED) is 0.834. The van der Waals surface area contributed by atoms with E-state index in [0.717, 1.165) is 5.56 Å². The van der Waals surface area contributed by atoms with E-state index in [2.05, 4.69) is 21.2 Å². The first-order chi connectivity index (χ1) is 8.99. The predicted octanol–water partition coefficient (Wildman–Crippen LogP) is 4.80. The van der Waals surface area contributed by atoms with Gasteiger partial charge in [0.2, 0.25) is 0 Å². The molecule has 1 N–H and O–H groups in total. The average Bonchev–Trinajstić information content (AvgIpc) is 2.38. The second kappa shape index (κ2) is 5.72. The number of aryl methyl sites for hydroxylation is 1. The molecule has 1 amide bonds. The molecule has 19 heavy (non-hydrogen) atoms. The number of benzene rings is 2. The third-order valence-corrected chi connectivity index (χ3v) is 3.77. The molecule has 0 bridgehead atoms. The van der Waals surface area contributed by atoms with Crippen LogP contribution in [0.15, 0.2) is 40.9 Å². The van der Waals surface area contributed by atoms with Gasteiger partial charge in [-0.05, 0) is 52.7 Å². The normalized spacial score (nSPS) is 10.3. The zero-order valence-electron chi connectivity index (χ0n) is 10.0. The molecule has 0 unspecified atom stereocenters. The van der Waals surface area contributed by atoms with Crippen LogP contribution in [0.25, 0.3) is 0 Å². The molecule has 0 saturated heterocycles. The van der Waals surface area contributed by atoms with Gasteiger partial charge in [-0.2, -0.15) is 0 Å². The molecule has 2 rings (SSSR count). The zero-order valence-corrected chi connectivity index (χ0v) is 12.3. The van der Waals surface area contributed by atoms with E-state index in [0.29, 0.717) is 15.2 Å². The lowest BCUT2D eigenvalue weighted by Gasteiger charge is -2.09. The van der Waals surface area contributed by atoms with Crippen LogP contribution < -0.4 is 5.32 Å². The van der Waals surface area contributed by atoms with E-state index in [1.807, 2.05) is 13.0 Å². The highest BCUT2D eigenvalue weighted by Crippen LogP contribution is 2.26. The van der Waals surface area contributed by atoms with Crippen LogP contribution in [0.5, 0.6) is 0 Å². The number of carbonyl (C=O) groups is 1. The van der Waals surface area contributed by atoms with E-state index in [9.17, 15) is 9.18 Å². The predicted molar refractivity (Wildman–Crippen MR) is 78.2 cm³/mol. The summed E-state index contributed by atoms with van der Waals surface area (Å²) in [6.07, 6.45) is 0. The SMILES string of the molecule is Cc1cccc(NC(=O)c2ccc(Br)c(F)c2)c1Cl. The van der Waals surface area contributed by atoms with Crippen molar-refractivity contribution in [3.63, 3.8) is 0 Å². The van der Waals surface area contributed by atoms with Crippen LogP contribution in [0.1, 0.15) is 15.9 Å². The van der Waals surface area contributed by atoms with Crippen LogP contribution in [0.2, 0.25) is 5.02 Å². The highest BCUT2D eigenvalue weighted by Gasteiger charge is 2.11. The molecule has 98 valence electrons. The van der Waals surface area contributed by atoms with Gasteiger partial charge in [-0.1, -0.05) is 23.7 Å². The molecule has 2 aromatic carbocycles. The Balaban J connectivity index is 2.26. The monoisotopic (exact) mass is 341 g/mol. The Morgan fingerprint density at radius 3 is 2.74 bits per heavy atom. The highest BCUT2D eigenvalue weighted by atomic mass is 79.9. The fourth-order valence-electron chi connectivity index (χ4n) is 1.58. The Morgan fingerprint density at radius 1 is 1.32 bits per heavy atom. The van der Waals surface area contributed by atoms with Gasteiger partial charge in [0.05, 0.1) is 15.2 Å². The van der Waals surface area contributed by atoms with Gasteiger partial charge in [0.15, 0.2) is 0 Å². The summed E-state index contributed by atoms with van der Waals surface area (Å²) < 4.78 is 13.7. The molecule has 0 aliphatic heterocycles. The van der Waals surface area contributed by atoms with Crippen LogP contribution in [0, 0.1) is 12.7 Å². The van der Waals surface area contributed by atoms with E-state index in [-0.39, 0.29) is 5.56 Å². The Labute approximate surface area is 123 Å². The molecule has 0 atom stereocenters. The summed E-state index contributed by atoms with van der Waals surface area (Å²) in [6.45, 7) is 1.84. The van der Waals surface area contributed by atoms with E-state index in [4.69, 9.17) is 11.6 Å². The maximum absolute atomic E-state index is 13.4. The molecule has 0 aliphatic rings. The Kier molecular flexibility index (Phi) is 4.22. The van der Waals surface area contributed by atoms with Gasteiger partial charge in [0.25, 0.3) is 5.91 Å². The number of rotatable bonds is 2. The van der Waals surface area contributed by atoms with Gasteiger partial charge in [-0.25, -0.2) is 4.39 Å². The van der Waals surface area contributed by atoms with Gasteiger partial charge < -0.3 is 5.32 Å². The molecule has 5 heteroatoms. The molecular formula is C14H10BrClFNO. The molecule has 0 heterocycles. The van der Waals surface area contributed by atoms with Crippen molar-refractivity contribution in [2.75, 3.05) is 5.32 Å². The van der Waals surface area contributed by atoms with Crippen molar-refractivity contribution in [3.05, 3.63) is 62.8 Å². The van der Waals surface area contributed by atoms with Gasteiger partial charge in [-0.3, -0.25) is 4.79 Å². The molecule has 0 saturated carbocycles. The summed E-state index contributed by atoms with van der Waals surface area (Å²) in [4.78, 5) is 12.0. The zero-order chi connectivity index (χ0) is 14.0. The number of anilines is 1. The molecule has 0 fully saturated rings. The summed E-state index contributed by atoms with van der Waals surface area (Å²) in [5.41, 5.74) is 1.61. The van der Waals surface area contributed by atoms with Gasteiger partial charge in [-0.15, -0.1) is 0 Å². The number of nitrogens with one attached hydrogen (secondary N) is 1. The van der Waals surface area contributed by atoms with Crippen molar-refractivity contribution in [1.29, 1.82) is 0 Å².